The van der Waals surface area contributed by atoms with Crippen LogP contribution in [0.5, 0.6) is 0 Å². The van der Waals surface area contributed by atoms with Crippen molar-refractivity contribution in [2.24, 2.45) is 5.73 Å². The standard InChI is InChI=1S/C28H28N4O2/c29-23(16-18-13-14-19-7-1-2-8-20(19)15-18)28(34)30-17-26(33)32-27-21-9-3-5-11-24(21)31-25-12-6-4-10-22(25)27/h1-3,5,7-9,11,13-15,23H,4,6,10,12,16-17,29H2,(H,30,34)(H,31,32,33). The maximum atomic E-state index is 12.8. The van der Waals surface area contributed by atoms with E-state index in [2.05, 4.69) is 10.6 Å². The first kappa shape index (κ1) is 22.0. The lowest BCUT2D eigenvalue weighted by atomic mass is 9.92. The fourth-order valence-corrected chi connectivity index (χ4v) is 4.71. The number of aryl methyl sites for hydroxylation is 1. The van der Waals surface area contributed by atoms with Crippen LogP contribution >= 0.6 is 0 Å². The van der Waals surface area contributed by atoms with Gasteiger partial charge in [-0.15, -0.1) is 0 Å². The summed E-state index contributed by atoms with van der Waals surface area (Å²) in [5.74, 6) is -0.611. The summed E-state index contributed by atoms with van der Waals surface area (Å²) < 4.78 is 0. The molecule has 6 heteroatoms. The quantitative estimate of drug-likeness (QED) is 0.413. The lowest BCUT2D eigenvalue weighted by Gasteiger charge is -2.21. The summed E-state index contributed by atoms with van der Waals surface area (Å²) in [6.45, 7) is -0.129. The van der Waals surface area contributed by atoms with E-state index in [1.807, 2.05) is 66.7 Å². The minimum atomic E-state index is -0.733. The van der Waals surface area contributed by atoms with Crippen LogP contribution in [-0.4, -0.2) is 29.4 Å². The fourth-order valence-electron chi connectivity index (χ4n) is 4.71. The second-order valence-corrected chi connectivity index (χ2v) is 8.89. The molecule has 0 saturated carbocycles. The van der Waals surface area contributed by atoms with Gasteiger partial charge in [0.1, 0.15) is 0 Å². The third-order valence-corrected chi connectivity index (χ3v) is 6.46. The number of para-hydroxylation sites is 1. The van der Waals surface area contributed by atoms with Crippen LogP contribution in [0.2, 0.25) is 0 Å². The summed E-state index contributed by atoms with van der Waals surface area (Å²) in [6, 6.07) is 21.2. The summed E-state index contributed by atoms with van der Waals surface area (Å²) in [5, 5.41) is 8.92. The molecule has 1 heterocycles. The monoisotopic (exact) mass is 452 g/mol. The number of hydrogen-bond acceptors (Lipinski definition) is 4. The number of carbonyl (C=O) groups is 2. The molecule has 4 N–H and O–H groups in total. The highest BCUT2D eigenvalue weighted by Gasteiger charge is 2.20. The van der Waals surface area contributed by atoms with Gasteiger partial charge >= 0.3 is 0 Å². The van der Waals surface area contributed by atoms with Crippen LogP contribution in [0.15, 0.2) is 66.7 Å². The van der Waals surface area contributed by atoms with Gasteiger partial charge in [0, 0.05) is 11.1 Å². The number of pyridine rings is 1. The van der Waals surface area contributed by atoms with Gasteiger partial charge in [0.2, 0.25) is 11.8 Å². The molecule has 5 rings (SSSR count). The molecule has 1 unspecified atom stereocenters. The molecule has 0 fully saturated rings. The Morgan fingerprint density at radius 1 is 0.941 bits per heavy atom. The molecule has 0 saturated heterocycles. The molecule has 0 spiro atoms. The van der Waals surface area contributed by atoms with Gasteiger partial charge in [0.15, 0.2) is 0 Å². The number of nitrogens with one attached hydrogen (secondary N) is 2. The van der Waals surface area contributed by atoms with Gasteiger partial charge < -0.3 is 16.4 Å². The van der Waals surface area contributed by atoms with E-state index in [0.29, 0.717) is 6.42 Å². The highest BCUT2D eigenvalue weighted by atomic mass is 16.2. The molecule has 34 heavy (non-hydrogen) atoms. The van der Waals surface area contributed by atoms with E-state index in [4.69, 9.17) is 10.7 Å². The number of rotatable bonds is 6. The Kier molecular flexibility index (Phi) is 6.23. The van der Waals surface area contributed by atoms with Crippen molar-refractivity contribution in [3.05, 3.63) is 83.6 Å². The number of aromatic nitrogens is 1. The summed E-state index contributed by atoms with van der Waals surface area (Å²) >= 11 is 0. The van der Waals surface area contributed by atoms with Crippen molar-refractivity contribution in [2.75, 3.05) is 11.9 Å². The summed E-state index contributed by atoms with van der Waals surface area (Å²) in [4.78, 5) is 30.2. The van der Waals surface area contributed by atoms with Gasteiger partial charge in [0.05, 0.1) is 23.8 Å². The number of amides is 2. The molecule has 1 aliphatic carbocycles. The molecule has 1 atom stereocenters. The second-order valence-electron chi connectivity index (χ2n) is 8.89. The number of fused-ring (bicyclic) bond motifs is 3. The van der Waals surface area contributed by atoms with Crippen molar-refractivity contribution in [3.8, 4) is 0 Å². The lowest BCUT2D eigenvalue weighted by Crippen LogP contribution is -2.44. The van der Waals surface area contributed by atoms with Crippen LogP contribution in [0.4, 0.5) is 5.69 Å². The Bertz CT molecular complexity index is 1380. The molecule has 0 radical (unpaired) electrons. The largest absolute Gasteiger partial charge is 0.346 e. The highest BCUT2D eigenvalue weighted by molar-refractivity contribution is 6.04. The van der Waals surface area contributed by atoms with Crippen molar-refractivity contribution in [3.63, 3.8) is 0 Å². The third kappa shape index (κ3) is 4.63. The van der Waals surface area contributed by atoms with Gasteiger partial charge in [0.25, 0.3) is 0 Å². The zero-order valence-electron chi connectivity index (χ0n) is 19.0. The molecule has 4 aromatic rings. The zero-order valence-corrected chi connectivity index (χ0v) is 19.0. The number of benzene rings is 3. The Morgan fingerprint density at radius 2 is 1.71 bits per heavy atom. The first-order valence-electron chi connectivity index (χ1n) is 11.8. The SMILES string of the molecule is NC(Cc1ccc2ccccc2c1)C(=O)NCC(=O)Nc1c2c(nc3ccccc13)CCCC2. The lowest BCUT2D eigenvalue weighted by molar-refractivity contribution is -0.125. The molecule has 0 aliphatic heterocycles. The molecule has 2 amide bonds. The second kappa shape index (κ2) is 9.61. The zero-order chi connectivity index (χ0) is 23.5. The Morgan fingerprint density at radius 3 is 2.59 bits per heavy atom. The molecule has 172 valence electrons. The normalized spacial score (nSPS) is 13.9. The Labute approximate surface area is 198 Å². The average Bonchev–Trinajstić information content (AvgIpc) is 2.87. The molecule has 1 aromatic heterocycles. The summed E-state index contributed by atoms with van der Waals surface area (Å²) in [7, 11) is 0. The smallest absolute Gasteiger partial charge is 0.243 e. The van der Waals surface area contributed by atoms with Crippen molar-refractivity contribution >= 4 is 39.2 Å². The van der Waals surface area contributed by atoms with Crippen LogP contribution in [0, 0.1) is 0 Å². The van der Waals surface area contributed by atoms with Crippen molar-refractivity contribution in [2.45, 2.75) is 38.1 Å². The van der Waals surface area contributed by atoms with Crippen molar-refractivity contribution in [1.82, 2.24) is 10.3 Å². The third-order valence-electron chi connectivity index (χ3n) is 6.46. The average molecular weight is 453 g/mol. The van der Waals surface area contributed by atoms with Crippen LogP contribution in [0.25, 0.3) is 21.7 Å². The highest BCUT2D eigenvalue weighted by Crippen LogP contribution is 2.33. The maximum Gasteiger partial charge on any atom is 0.243 e. The minimum Gasteiger partial charge on any atom is -0.346 e. The van der Waals surface area contributed by atoms with Crippen LogP contribution in [-0.2, 0) is 28.9 Å². The summed E-state index contributed by atoms with van der Waals surface area (Å²) in [6.07, 6.45) is 4.41. The van der Waals surface area contributed by atoms with E-state index >= 15 is 0 Å². The molecule has 0 bridgehead atoms. The number of anilines is 1. The molecular weight excluding hydrogens is 424 g/mol. The van der Waals surface area contributed by atoms with E-state index in [1.165, 1.54) is 0 Å². The number of nitrogens with two attached hydrogens (primary N) is 1. The Balaban J connectivity index is 1.24. The van der Waals surface area contributed by atoms with Gasteiger partial charge in [-0.1, -0.05) is 60.7 Å². The van der Waals surface area contributed by atoms with Crippen LogP contribution < -0.4 is 16.4 Å². The molecular formula is C28H28N4O2. The van der Waals surface area contributed by atoms with Gasteiger partial charge in [-0.3, -0.25) is 14.6 Å². The molecule has 6 nitrogen and oxygen atoms in total. The number of nitrogens with zero attached hydrogens (tertiary/aromatic N) is 1. The van der Waals surface area contributed by atoms with E-state index < -0.39 is 6.04 Å². The van der Waals surface area contributed by atoms with E-state index in [0.717, 1.165) is 69.9 Å². The number of hydrogen-bond donors (Lipinski definition) is 3. The van der Waals surface area contributed by atoms with Crippen molar-refractivity contribution in [1.29, 1.82) is 0 Å². The van der Waals surface area contributed by atoms with Crippen LogP contribution in [0.3, 0.4) is 0 Å². The van der Waals surface area contributed by atoms with Crippen LogP contribution in [0.1, 0.15) is 29.7 Å². The Hall–Kier alpha value is -3.77. The predicted molar refractivity (Wildman–Crippen MR) is 136 cm³/mol. The minimum absolute atomic E-state index is 0.129. The maximum absolute atomic E-state index is 12.8. The van der Waals surface area contributed by atoms with Gasteiger partial charge in [-0.25, -0.2) is 0 Å². The molecule has 1 aliphatic rings. The van der Waals surface area contributed by atoms with E-state index in [1.54, 1.807) is 0 Å². The van der Waals surface area contributed by atoms with E-state index in [-0.39, 0.29) is 18.4 Å². The van der Waals surface area contributed by atoms with Gasteiger partial charge in [-0.05, 0) is 60.1 Å². The topological polar surface area (TPSA) is 97.1 Å². The molecule has 3 aromatic carbocycles. The number of carbonyl (C=O) groups excluding carboxylic acids is 2. The van der Waals surface area contributed by atoms with E-state index in [9.17, 15) is 9.59 Å². The van der Waals surface area contributed by atoms with Crippen molar-refractivity contribution < 1.29 is 9.59 Å². The predicted octanol–water partition coefficient (Wildman–Crippen LogP) is 3.89. The summed E-state index contributed by atoms with van der Waals surface area (Å²) in [5.41, 5.74) is 11.0. The first-order valence-corrected chi connectivity index (χ1v) is 11.8. The fraction of sp³-hybridized carbons (Fsp3) is 0.250. The van der Waals surface area contributed by atoms with Gasteiger partial charge in [-0.2, -0.15) is 0 Å². The first-order chi connectivity index (χ1) is 16.6.